The van der Waals surface area contributed by atoms with Crippen molar-refractivity contribution in [2.75, 3.05) is 7.05 Å². The number of hydrogen-bond donors (Lipinski definition) is 1. The molecule has 0 saturated heterocycles. The normalized spacial score (nSPS) is 10.5. The molecule has 0 aliphatic carbocycles. The zero-order valence-electron chi connectivity index (χ0n) is 6.87. The summed E-state index contributed by atoms with van der Waals surface area (Å²) in [7, 11) is 1.45. The summed E-state index contributed by atoms with van der Waals surface area (Å²) in [6, 6.07) is 0. The second kappa shape index (κ2) is 3.92. The van der Waals surface area contributed by atoms with Crippen LogP contribution in [0, 0.1) is 0 Å². The van der Waals surface area contributed by atoms with Crippen molar-refractivity contribution in [2.45, 2.75) is 13.0 Å². The molecular formula is C6H8F2N4O. The number of carbonyl (C=O) groups is 1. The monoisotopic (exact) mass is 190 g/mol. The number of rotatable bonds is 3. The number of nitrogens with zero attached hydrogens (tertiary/aromatic N) is 3. The van der Waals surface area contributed by atoms with Crippen molar-refractivity contribution < 1.29 is 13.6 Å². The highest BCUT2D eigenvalue weighted by Gasteiger charge is 2.13. The number of halogens is 2. The molecule has 0 atom stereocenters. The summed E-state index contributed by atoms with van der Waals surface area (Å²) in [5.41, 5.74) is 0. The van der Waals surface area contributed by atoms with Gasteiger partial charge in [0.2, 0.25) is 11.7 Å². The number of hydrogen-bond acceptors (Lipinski definition) is 3. The molecule has 0 aliphatic heterocycles. The molecule has 1 amide bonds. The number of nitrogens with one attached hydrogen (secondary N) is 1. The molecule has 0 aromatic carbocycles. The molecule has 72 valence electrons. The van der Waals surface area contributed by atoms with Crippen molar-refractivity contribution in [3.8, 4) is 0 Å². The Kier molecular flexibility index (Phi) is 2.88. The maximum atomic E-state index is 12.0. The molecule has 1 aromatic heterocycles. The SMILES string of the molecule is CNC(=O)Cn1cnc(C(F)F)n1. The van der Waals surface area contributed by atoms with E-state index in [1.165, 1.54) is 7.05 Å². The predicted octanol–water partition coefficient (Wildman–Crippen LogP) is -0.0383. The number of likely N-dealkylation sites (N-methyl/N-ethyl adjacent to an activating group) is 1. The van der Waals surface area contributed by atoms with E-state index in [0.29, 0.717) is 0 Å². The van der Waals surface area contributed by atoms with Crippen molar-refractivity contribution in [1.82, 2.24) is 20.1 Å². The fraction of sp³-hybridized carbons (Fsp3) is 0.500. The first-order valence-corrected chi connectivity index (χ1v) is 3.51. The first-order valence-electron chi connectivity index (χ1n) is 3.51. The van der Waals surface area contributed by atoms with Gasteiger partial charge in [0.25, 0.3) is 6.43 Å². The van der Waals surface area contributed by atoms with Crippen molar-refractivity contribution in [3.63, 3.8) is 0 Å². The molecular weight excluding hydrogens is 182 g/mol. The number of amides is 1. The first-order chi connectivity index (χ1) is 6.13. The third kappa shape index (κ3) is 2.46. The van der Waals surface area contributed by atoms with Crippen LogP contribution in [0.25, 0.3) is 0 Å². The molecule has 1 heterocycles. The zero-order valence-corrected chi connectivity index (χ0v) is 6.87. The zero-order chi connectivity index (χ0) is 9.84. The Hall–Kier alpha value is -1.53. The highest BCUT2D eigenvalue weighted by atomic mass is 19.3. The molecule has 5 nitrogen and oxygen atoms in total. The lowest BCUT2D eigenvalue weighted by molar-refractivity contribution is -0.121. The predicted molar refractivity (Wildman–Crippen MR) is 39.0 cm³/mol. The van der Waals surface area contributed by atoms with Crippen LogP contribution in [-0.4, -0.2) is 27.7 Å². The Morgan fingerprint density at radius 1 is 1.77 bits per heavy atom. The lowest BCUT2D eigenvalue weighted by Crippen LogP contribution is -2.23. The largest absolute Gasteiger partial charge is 0.358 e. The molecule has 0 fully saturated rings. The van der Waals surface area contributed by atoms with Crippen molar-refractivity contribution in [1.29, 1.82) is 0 Å². The topological polar surface area (TPSA) is 59.8 Å². The van der Waals surface area contributed by atoms with E-state index < -0.39 is 12.2 Å². The minimum Gasteiger partial charge on any atom is -0.358 e. The summed E-state index contributed by atoms with van der Waals surface area (Å²) in [5.74, 6) is -0.880. The Balaban J connectivity index is 2.64. The van der Waals surface area contributed by atoms with Gasteiger partial charge < -0.3 is 5.32 Å². The van der Waals surface area contributed by atoms with Crippen LogP contribution in [0.1, 0.15) is 12.2 Å². The summed E-state index contributed by atoms with van der Waals surface area (Å²) in [5, 5.41) is 5.73. The second-order valence-electron chi connectivity index (χ2n) is 2.27. The molecule has 0 bridgehead atoms. The molecule has 0 aliphatic rings. The smallest absolute Gasteiger partial charge is 0.299 e. The molecule has 0 spiro atoms. The summed E-state index contributed by atoms with van der Waals surface area (Å²) in [6.07, 6.45) is -1.61. The summed E-state index contributed by atoms with van der Waals surface area (Å²) in [6.45, 7) is -0.101. The van der Waals surface area contributed by atoms with Gasteiger partial charge in [-0.2, -0.15) is 0 Å². The average molecular weight is 190 g/mol. The minimum absolute atomic E-state index is 0.101. The minimum atomic E-state index is -2.70. The number of aromatic nitrogens is 3. The van der Waals surface area contributed by atoms with E-state index in [1.807, 2.05) is 0 Å². The molecule has 0 radical (unpaired) electrons. The van der Waals surface area contributed by atoms with E-state index in [9.17, 15) is 13.6 Å². The molecule has 1 N–H and O–H groups in total. The van der Waals surface area contributed by atoms with Gasteiger partial charge in [-0.25, -0.2) is 18.4 Å². The lowest BCUT2D eigenvalue weighted by atomic mass is 10.6. The summed E-state index contributed by atoms with van der Waals surface area (Å²) >= 11 is 0. The van der Waals surface area contributed by atoms with Crippen LogP contribution in [0.15, 0.2) is 6.33 Å². The summed E-state index contributed by atoms with van der Waals surface area (Å²) < 4.78 is 25.0. The Morgan fingerprint density at radius 3 is 2.92 bits per heavy atom. The van der Waals surface area contributed by atoms with Crippen molar-refractivity contribution >= 4 is 5.91 Å². The quantitative estimate of drug-likeness (QED) is 0.727. The standard InChI is InChI=1S/C6H8F2N4O/c1-9-4(13)2-12-3-10-6(11-12)5(7)8/h3,5H,2H2,1H3,(H,9,13). The van der Waals surface area contributed by atoms with Crippen LogP contribution in [0.3, 0.4) is 0 Å². The van der Waals surface area contributed by atoms with Gasteiger partial charge in [-0.15, -0.1) is 5.10 Å². The first kappa shape index (κ1) is 9.56. The third-order valence-electron chi connectivity index (χ3n) is 1.33. The maximum Gasteiger partial charge on any atom is 0.299 e. The van der Waals surface area contributed by atoms with Crippen LogP contribution in [-0.2, 0) is 11.3 Å². The van der Waals surface area contributed by atoms with Gasteiger partial charge in [0.15, 0.2) is 0 Å². The number of carbonyl (C=O) groups excluding carboxylic acids is 1. The molecule has 7 heteroatoms. The number of alkyl halides is 2. The summed E-state index contributed by atoms with van der Waals surface area (Å²) in [4.78, 5) is 14.1. The van der Waals surface area contributed by atoms with E-state index in [0.717, 1.165) is 11.0 Å². The van der Waals surface area contributed by atoms with Crippen LogP contribution >= 0.6 is 0 Å². The van der Waals surface area contributed by atoms with Gasteiger partial charge in [-0.1, -0.05) is 0 Å². The van der Waals surface area contributed by atoms with Gasteiger partial charge in [-0.05, 0) is 0 Å². The molecule has 13 heavy (non-hydrogen) atoms. The van der Waals surface area contributed by atoms with E-state index in [-0.39, 0.29) is 12.5 Å². The lowest BCUT2D eigenvalue weighted by Gasteiger charge is -1.97. The van der Waals surface area contributed by atoms with Crippen LogP contribution in [0.5, 0.6) is 0 Å². The highest BCUT2D eigenvalue weighted by Crippen LogP contribution is 2.12. The second-order valence-corrected chi connectivity index (χ2v) is 2.27. The Bertz CT molecular complexity index is 299. The molecule has 0 saturated carbocycles. The van der Waals surface area contributed by atoms with E-state index in [2.05, 4.69) is 15.4 Å². The van der Waals surface area contributed by atoms with Gasteiger partial charge in [-0.3, -0.25) is 4.79 Å². The van der Waals surface area contributed by atoms with Gasteiger partial charge >= 0.3 is 0 Å². The van der Waals surface area contributed by atoms with Crippen molar-refractivity contribution in [3.05, 3.63) is 12.2 Å². The van der Waals surface area contributed by atoms with Gasteiger partial charge in [0.05, 0.1) is 0 Å². The van der Waals surface area contributed by atoms with Crippen molar-refractivity contribution in [2.24, 2.45) is 0 Å². The fourth-order valence-electron chi connectivity index (χ4n) is 0.711. The van der Waals surface area contributed by atoms with E-state index in [4.69, 9.17) is 0 Å². The van der Waals surface area contributed by atoms with Gasteiger partial charge in [0.1, 0.15) is 12.9 Å². The average Bonchev–Trinajstić information content (AvgIpc) is 2.52. The van der Waals surface area contributed by atoms with Crippen LogP contribution < -0.4 is 5.32 Å². The van der Waals surface area contributed by atoms with E-state index >= 15 is 0 Å². The fourth-order valence-corrected chi connectivity index (χ4v) is 0.711. The maximum absolute atomic E-state index is 12.0. The van der Waals surface area contributed by atoms with Crippen LogP contribution in [0.4, 0.5) is 8.78 Å². The molecule has 0 unspecified atom stereocenters. The highest BCUT2D eigenvalue weighted by molar-refractivity contribution is 5.75. The molecule has 1 aromatic rings. The van der Waals surface area contributed by atoms with Crippen LogP contribution in [0.2, 0.25) is 0 Å². The van der Waals surface area contributed by atoms with E-state index in [1.54, 1.807) is 0 Å². The Labute approximate surface area is 72.8 Å². The molecule has 1 rings (SSSR count). The van der Waals surface area contributed by atoms with Gasteiger partial charge in [0, 0.05) is 7.05 Å². The Morgan fingerprint density at radius 2 is 2.46 bits per heavy atom. The third-order valence-corrected chi connectivity index (χ3v) is 1.33.